The Hall–Kier alpha value is -1.89. The highest BCUT2D eigenvalue weighted by Crippen LogP contribution is 2.24. The molecule has 3 aromatic rings. The van der Waals surface area contributed by atoms with E-state index in [9.17, 15) is 4.39 Å². The summed E-state index contributed by atoms with van der Waals surface area (Å²) in [5.41, 5.74) is 2.76. The van der Waals surface area contributed by atoms with Crippen LogP contribution in [0.4, 0.5) is 16.0 Å². The summed E-state index contributed by atoms with van der Waals surface area (Å²) in [6.07, 6.45) is 1.93. The molecular weight excluding hydrogens is 380 g/mol. The van der Waals surface area contributed by atoms with E-state index in [0.717, 1.165) is 20.6 Å². The third-order valence-electron chi connectivity index (χ3n) is 3.03. The summed E-state index contributed by atoms with van der Waals surface area (Å²) < 4.78 is 16.0. The Kier molecular flexibility index (Phi) is 3.92. The fraction of sp³-hybridized carbons (Fsp3) is 0.0625. The molecule has 106 valence electrons. The number of halogens is 2. The minimum atomic E-state index is -0.238. The van der Waals surface area contributed by atoms with Gasteiger partial charge in [0.2, 0.25) is 5.95 Å². The normalized spacial score (nSPS) is 10.6. The van der Waals surface area contributed by atoms with Crippen molar-refractivity contribution in [3.8, 4) is 5.69 Å². The summed E-state index contributed by atoms with van der Waals surface area (Å²) in [7, 11) is 0. The van der Waals surface area contributed by atoms with Gasteiger partial charge in [0.1, 0.15) is 5.82 Å². The Labute approximate surface area is 136 Å². The minimum Gasteiger partial charge on any atom is -0.325 e. The highest BCUT2D eigenvalue weighted by molar-refractivity contribution is 14.1. The maximum Gasteiger partial charge on any atom is 0.212 e. The molecule has 3 nitrogen and oxygen atoms in total. The molecule has 0 unspecified atom stereocenters. The molecule has 3 rings (SSSR count). The average Bonchev–Trinajstić information content (AvgIpc) is 2.80. The van der Waals surface area contributed by atoms with Gasteiger partial charge in [0.05, 0.1) is 11.4 Å². The standard InChI is InChI=1S/C16H13FIN3/c1-11-10-21(15-8-7-12(17)9-14(15)18)16(19-11)20-13-5-3-2-4-6-13/h2-10H,1H3,(H,19,20). The van der Waals surface area contributed by atoms with Crippen LogP contribution < -0.4 is 5.32 Å². The van der Waals surface area contributed by atoms with E-state index in [1.165, 1.54) is 12.1 Å². The summed E-state index contributed by atoms with van der Waals surface area (Å²) in [4.78, 5) is 4.50. The van der Waals surface area contributed by atoms with Gasteiger partial charge in [-0.1, -0.05) is 18.2 Å². The van der Waals surface area contributed by atoms with Gasteiger partial charge in [-0.2, -0.15) is 0 Å². The second kappa shape index (κ2) is 5.85. The predicted molar refractivity (Wildman–Crippen MR) is 90.7 cm³/mol. The van der Waals surface area contributed by atoms with Crippen LogP contribution in [0.3, 0.4) is 0 Å². The van der Waals surface area contributed by atoms with Crippen LogP contribution >= 0.6 is 22.6 Å². The molecule has 0 amide bonds. The Bertz CT molecular complexity index is 768. The van der Waals surface area contributed by atoms with Gasteiger partial charge in [-0.15, -0.1) is 0 Å². The van der Waals surface area contributed by atoms with Crippen molar-refractivity contribution in [3.05, 3.63) is 69.8 Å². The largest absolute Gasteiger partial charge is 0.325 e. The zero-order valence-corrected chi connectivity index (χ0v) is 13.5. The third-order valence-corrected chi connectivity index (χ3v) is 3.89. The SMILES string of the molecule is Cc1cn(-c2ccc(F)cc2I)c(Nc2ccccc2)n1. The number of nitrogens with zero attached hydrogens (tertiary/aromatic N) is 2. The summed E-state index contributed by atoms with van der Waals surface area (Å²) in [6, 6.07) is 14.6. The van der Waals surface area contributed by atoms with Crippen LogP contribution in [0.15, 0.2) is 54.7 Å². The van der Waals surface area contributed by atoms with E-state index in [4.69, 9.17) is 0 Å². The highest BCUT2D eigenvalue weighted by Gasteiger charge is 2.11. The molecule has 21 heavy (non-hydrogen) atoms. The first kappa shape index (κ1) is 14.1. The molecule has 0 saturated carbocycles. The first-order valence-electron chi connectivity index (χ1n) is 6.47. The first-order valence-corrected chi connectivity index (χ1v) is 7.55. The second-order valence-corrected chi connectivity index (χ2v) is 5.82. The zero-order valence-electron chi connectivity index (χ0n) is 11.3. The number of benzene rings is 2. The Morgan fingerprint density at radius 1 is 1.14 bits per heavy atom. The molecule has 1 N–H and O–H groups in total. The van der Waals surface area contributed by atoms with E-state index < -0.39 is 0 Å². The predicted octanol–water partition coefficient (Wildman–Crippen LogP) is 4.67. The van der Waals surface area contributed by atoms with Gasteiger partial charge in [0, 0.05) is 15.5 Å². The van der Waals surface area contributed by atoms with Crippen LogP contribution in [0.2, 0.25) is 0 Å². The molecule has 0 spiro atoms. The van der Waals surface area contributed by atoms with Crippen molar-refractivity contribution in [2.45, 2.75) is 6.92 Å². The van der Waals surface area contributed by atoms with Gasteiger partial charge in [-0.25, -0.2) is 9.37 Å². The minimum absolute atomic E-state index is 0.238. The number of aromatic nitrogens is 2. The molecule has 0 bridgehead atoms. The first-order chi connectivity index (χ1) is 10.1. The van der Waals surface area contributed by atoms with Gasteiger partial charge < -0.3 is 5.32 Å². The Morgan fingerprint density at radius 3 is 2.62 bits per heavy atom. The highest BCUT2D eigenvalue weighted by atomic mass is 127. The quantitative estimate of drug-likeness (QED) is 0.656. The number of nitrogens with one attached hydrogen (secondary N) is 1. The number of anilines is 2. The van der Waals surface area contributed by atoms with E-state index in [2.05, 4.69) is 32.9 Å². The summed E-state index contributed by atoms with van der Waals surface area (Å²) in [6.45, 7) is 1.93. The zero-order chi connectivity index (χ0) is 14.8. The number of imidazole rings is 1. The Morgan fingerprint density at radius 2 is 1.90 bits per heavy atom. The van der Waals surface area contributed by atoms with Crippen LogP contribution in [-0.4, -0.2) is 9.55 Å². The molecule has 0 saturated heterocycles. The number of aryl methyl sites for hydroxylation is 1. The van der Waals surface area contributed by atoms with Crippen LogP contribution in [-0.2, 0) is 0 Å². The number of rotatable bonds is 3. The van der Waals surface area contributed by atoms with Gasteiger partial charge in [-0.05, 0) is 59.8 Å². The van der Waals surface area contributed by atoms with E-state index in [1.807, 2.05) is 48.0 Å². The maximum atomic E-state index is 13.3. The molecular formula is C16H13FIN3. The fourth-order valence-corrected chi connectivity index (χ4v) is 2.83. The van der Waals surface area contributed by atoms with Crippen LogP contribution in [0.1, 0.15) is 5.69 Å². The van der Waals surface area contributed by atoms with Crippen molar-refractivity contribution in [1.29, 1.82) is 0 Å². The lowest BCUT2D eigenvalue weighted by Gasteiger charge is -2.11. The van der Waals surface area contributed by atoms with E-state index in [-0.39, 0.29) is 5.82 Å². The van der Waals surface area contributed by atoms with Crippen LogP contribution in [0.5, 0.6) is 0 Å². The van der Waals surface area contributed by atoms with Crippen LogP contribution in [0.25, 0.3) is 5.69 Å². The number of para-hydroxylation sites is 1. The van der Waals surface area contributed by atoms with Gasteiger partial charge >= 0.3 is 0 Å². The number of hydrogen-bond donors (Lipinski definition) is 1. The van der Waals surface area contributed by atoms with Gasteiger partial charge in [0.25, 0.3) is 0 Å². The van der Waals surface area contributed by atoms with Crippen molar-refractivity contribution in [1.82, 2.24) is 9.55 Å². The van der Waals surface area contributed by atoms with Crippen molar-refractivity contribution in [3.63, 3.8) is 0 Å². The van der Waals surface area contributed by atoms with E-state index in [0.29, 0.717) is 5.95 Å². The molecule has 0 aliphatic rings. The third kappa shape index (κ3) is 3.07. The molecule has 2 aromatic carbocycles. The molecule has 1 heterocycles. The molecule has 0 atom stereocenters. The maximum absolute atomic E-state index is 13.3. The molecule has 0 radical (unpaired) electrons. The summed E-state index contributed by atoms with van der Waals surface area (Å²) >= 11 is 2.13. The lowest BCUT2D eigenvalue weighted by molar-refractivity contribution is 0.626. The number of hydrogen-bond acceptors (Lipinski definition) is 2. The van der Waals surface area contributed by atoms with Crippen molar-refractivity contribution >= 4 is 34.2 Å². The van der Waals surface area contributed by atoms with Crippen LogP contribution in [0, 0.1) is 16.3 Å². The molecule has 1 aromatic heterocycles. The summed E-state index contributed by atoms with van der Waals surface area (Å²) in [5.74, 6) is 0.473. The van der Waals surface area contributed by atoms with Gasteiger partial charge in [-0.3, -0.25) is 4.57 Å². The topological polar surface area (TPSA) is 29.9 Å². The summed E-state index contributed by atoms with van der Waals surface area (Å²) in [5, 5.41) is 3.29. The van der Waals surface area contributed by atoms with Crippen molar-refractivity contribution in [2.24, 2.45) is 0 Å². The van der Waals surface area contributed by atoms with E-state index >= 15 is 0 Å². The second-order valence-electron chi connectivity index (χ2n) is 4.66. The monoisotopic (exact) mass is 393 g/mol. The van der Waals surface area contributed by atoms with Crippen molar-refractivity contribution in [2.75, 3.05) is 5.32 Å². The molecule has 0 fully saturated rings. The van der Waals surface area contributed by atoms with E-state index in [1.54, 1.807) is 6.07 Å². The lowest BCUT2D eigenvalue weighted by Crippen LogP contribution is -2.02. The fourth-order valence-electron chi connectivity index (χ4n) is 2.10. The Balaban J connectivity index is 2.03. The average molecular weight is 393 g/mol. The van der Waals surface area contributed by atoms with Crippen molar-refractivity contribution < 1.29 is 4.39 Å². The van der Waals surface area contributed by atoms with Gasteiger partial charge in [0.15, 0.2) is 0 Å². The molecule has 0 aliphatic carbocycles. The molecule has 5 heteroatoms. The lowest BCUT2D eigenvalue weighted by atomic mass is 10.3. The smallest absolute Gasteiger partial charge is 0.212 e. The molecule has 0 aliphatic heterocycles.